The van der Waals surface area contributed by atoms with Crippen molar-refractivity contribution < 1.29 is 8.42 Å². The van der Waals surface area contributed by atoms with E-state index in [2.05, 4.69) is 20.1 Å². The summed E-state index contributed by atoms with van der Waals surface area (Å²) in [4.78, 5) is 8.49. The summed E-state index contributed by atoms with van der Waals surface area (Å²) in [5.41, 5.74) is 5.17. The molecule has 0 amide bonds. The average Bonchev–Trinajstić information content (AvgIpc) is 3.46. The number of benzene rings is 2. The van der Waals surface area contributed by atoms with Crippen LogP contribution in [0, 0.1) is 6.92 Å². The second-order valence-electron chi connectivity index (χ2n) is 8.61. The second-order valence-corrected chi connectivity index (χ2v) is 12.5. The Kier molecular flexibility index (Phi) is 7.06. The summed E-state index contributed by atoms with van der Waals surface area (Å²) in [6.45, 7) is 4.71. The summed E-state index contributed by atoms with van der Waals surface area (Å²) in [5, 5.41) is 9.64. The van der Waals surface area contributed by atoms with Crippen LogP contribution in [0.15, 0.2) is 69.0 Å². The van der Waals surface area contributed by atoms with Crippen molar-refractivity contribution in [2.24, 2.45) is 7.05 Å². The molecule has 0 saturated carbocycles. The fourth-order valence-electron chi connectivity index (χ4n) is 4.29. The van der Waals surface area contributed by atoms with E-state index in [4.69, 9.17) is 0 Å². The van der Waals surface area contributed by atoms with E-state index in [0.29, 0.717) is 9.79 Å². The van der Waals surface area contributed by atoms with Gasteiger partial charge in [-0.25, -0.2) is 13.4 Å². The summed E-state index contributed by atoms with van der Waals surface area (Å²) in [6, 6.07) is 14.2. The van der Waals surface area contributed by atoms with Crippen LogP contribution in [-0.2, 0) is 29.9 Å². The number of rotatable bonds is 8. The normalized spacial score (nSPS) is 14.2. The molecule has 0 atom stereocenters. The predicted octanol–water partition coefficient (Wildman–Crippen LogP) is 4.62. The first-order valence-corrected chi connectivity index (χ1v) is 14.9. The van der Waals surface area contributed by atoms with E-state index in [0.717, 1.165) is 65.3 Å². The summed E-state index contributed by atoms with van der Waals surface area (Å²) < 4.78 is 28.1. The van der Waals surface area contributed by atoms with Gasteiger partial charge in [-0.3, -0.25) is 4.90 Å². The molecule has 182 valence electrons. The van der Waals surface area contributed by atoms with E-state index in [1.807, 2.05) is 42.2 Å². The smallest absolute Gasteiger partial charge is 0.206 e. The van der Waals surface area contributed by atoms with Crippen LogP contribution in [-0.4, -0.2) is 51.9 Å². The van der Waals surface area contributed by atoms with Gasteiger partial charge >= 0.3 is 0 Å². The lowest BCUT2D eigenvalue weighted by molar-refractivity contribution is 0.255. The second kappa shape index (κ2) is 10.2. The highest BCUT2D eigenvalue weighted by Crippen LogP contribution is 2.29. The standard InChI is InChI=1S/C25H27N5O2S3/c1-18-23(34-17-26-18)24-27-28-25(29(24)2)33-14-6-12-30-13-11-19-9-10-22(15-20(19)16-30)35(31,32)21-7-4-3-5-8-21/h3-5,7-10,15,17H,6,11-14,16H2,1-2H3. The molecular formula is C25H27N5O2S3. The zero-order valence-electron chi connectivity index (χ0n) is 19.7. The quantitative estimate of drug-likeness (QED) is 0.245. The molecule has 4 aromatic rings. The first kappa shape index (κ1) is 24.2. The van der Waals surface area contributed by atoms with Gasteiger partial charge in [-0.1, -0.05) is 36.0 Å². The minimum atomic E-state index is -3.50. The zero-order chi connectivity index (χ0) is 24.4. The first-order chi connectivity index (χ1) is 16.9. The highest BCUT2D eigenvalue weighted by Gasteiger charge is 2.22. The van der Waals surface area contributed by atoms with Crippen LogP contribution < -0.4 is 0 Å². The van der Waals surface area contributed by atoms with Crippen molar-refractivity contribution in [3.63, 3.8) is 0 Å². The molecule has 3 heterocycles. The maximum absolute atomic E-state index is 13.0. The third kappa shape index (κ3) is 5.06. The number of sulfone groups is 1. The minimum Gasteiger partial charge on any atom is -0.304 e. The van der Waals surface area contributed by atoms with Crippen LogP contribution in [0.25, 0.3) is 10.7 Å². The molecule has 2 aromatic heterocycles. The minimum absolute atomic E-state index is 0.335. The molecular weight excluding hydrogens is 499 g/mol. The number of nitrogens with zero attached hydrogens (tertiary/aromatic N) is 5. The van der Waals surface area contributed by atoms with E-state index in [9.17, 15) is 8.42 Å². The van der Waals surface area contributed by atoms with Crippen LogP contribution in [0.4, 0.5) is 0 Å². The van der Waals surface area contributed by atoms with E-state index in [1.165, 1.54) is 5.56 Å². The molecule has 0 spiro atoms. The number of aromatic nitrogens is 4. The molecule has 0 radical (unpaired) electrons. The molecule has 1 aliphatic heterocycles. The van der Waals surface area contributed by atoms with Crippen LogP contribution in [0.3, 0.4) is 0 Å². The Morgan fingerprint density at radius 1 is 1.06 bits per heavy atom. The Balaban J connectivity index is 1.18. The maximum atomic E-state index is 13.0. The van der Waals surface area contributed by atoms with Gasteiger partial charge in [-0.2, -0.15) is 0 Å². The third-order valence-electron chi connectivity index (χ3n) is 6.27. The Morgan fingerprint density at radius 3 is 2.66 bits per heavy atom. The lowest BCUT2D eigenvalue weighted by Crippen LogP contribution is -2.31. The van der Waals surface area contributed by atoms with Crippen LogP contribution >= 0.6 is 23.1 Å². The number of hydrogen-bond acceptors (Lipinski definition) is 8. The molecule has 5 rings (SSSR count). The van der Waals surface area contributed by atoms with Crippen LogP contribution in [0.5, 0.6) is 0 Å². The largest absolute Gasteiger partial charge is 0.304 e. The Morgan fingerprint density at radius 2 is 1.89 bits per heavy atom. The summed E-state index contributed by atoms with van der Waals surface area (Å²) in [7, 11) is -1.50. The van der Waals surface area contributed by atoms with E-state index in [-0.39, 0.29) is 0 Å². The van der Waals surface area contributed by atoms with E-state index < -0.39 is 9.84 Å². The lowest BCUT2D eigenvalue weighted by atomic mass is 10.00. The number of aryl methyl sites for hydroxylation is 1. The highest BCUT2D eigenvalue weighted by atomic mass is 32.2. The number of fused-ring (bicyclic) bond motifs is 1. The molecule has 0 N–H and O–H groups in total. The van der Waals surface area contributed by atoms with Gasteiger partial charge in [0.1, 0.15) is 0 Å². The van der Waals surface area contributed by atoms with Gasteiger partial charge in [-0.15, -0.1) is 21.5 Å². The molecule has 2 aromatic carbocycles. The van der Waals surface area contributed by atoms with Crippen molar-refractivity contribution in [2.75, 3.05) is 18.8 Å². The van der Waals surface area contributed by atoms with Gasteiger partial charge in [0.25, 0.3) is 0 Å². The molecule has 0 fully saturated rings. The molecule has 0 bridgehead atoms. The van der Waals surface area contributed by atoms with Crippen molar-refractivity contribution >= 4 is 32.9 Å². The highest BCUT2D eigenvalue weighted by molar-refractivity contribution is 7.99. The first-order valence-electron chi connectivity index (χ1n) is 11.5. The molecule has 7 nitrogen and oxygen atoms in total. The van der Waals surface area contributed by atoms with Gasteiger partial charge in [-0.05, 0) is 61.7 Å². The Labute approximate surface area is 214 Å². The SMILES string of the molecule is Cc1ncsc1-c1nnc(SCCCN2CCc3ccc(S(=O)(=O)c4ccccc4)cc3C2)n1C. The number of thiazole rings is 1. The van der Waals surface area contributed by atoms with Gasteiger partial charge in [0.15, 0.2) is 11.0 Å². The van der Waals surface area contributed by atoms with E-state index >= 15 is 0 Å². The molecule has 0 saturated heterocycles. The van der Waals surface area contributed by atoms with Gasteiger partial charge in [0.05, 0.1) is 25.9 Å². The van der Waals surface area contributed by atoms with E-state index in [1.54, 1.807) is 53.4 Å². The average molecular weight is 526 g/mol. The Hall–Kier alpha value is -2.53. The lowest BCUT2D eigenvalue weighted by Gasteiger charge is -2.29. The topological polar surface area (TPSA) is 81.0 Å². The van der Waals surface area contributed by atoms with Crippen molar-refractivity contribution in [3.05, 3.63) is 70.9 Å². The summed E-state index contributed by atoms with van der Waals surface area (Å²) in [5.74, 6) is 1.81. The summed E-state index contributed by atoms with van der Waals surface area (Å²) in [6.07, 6.45) is 1.96. The molecule has 0 unspecified atom stereocenters. The predicted molar refractivity (Wildman–Crippen MR) is 140 cm³/mol. The molecule has 0 aliphatic carbocycles. The monoisotopic (exact) mass is 525 g/mol. The molecule has 1 aliphatic rings. The third-order valence-corrected chi connectivity index (χ3v) is 10.1. The van der Waals surface area contributed by atoms with Crippen molar-refractivity contribution in [2.45, 2.75) is 41.3 Å². The van der Waals surface area contributed by atoms with Crippen LogP contribution in [0.2, 0.25) is 0 Å². The number of thioether (sulfide) groups is 1. The van der Waals surface area contributed by atoms with Crippen molar-refractivity contribution in [1.29, 1.82) is 0 Å². The van der Waals surface area contributed by atoms with Crippen molar-refractivity contribution in [1.82, 2.24) is 24.6 Å². The van der Waals surface area contributed by atoms with Gasteiger partial charge in [0.2, 0.25) is 9.84 Å². The molecule has 10 heteroatoms. The zero-order valence-corrected chi connectivity index (χ0v) is 22.2. The van der Waals surface area contributed by atoms with Gasteiger partial charge < -0.3 is 4.57 Å². The number of hydrogen-bond donors (Lipinski definition) is 0. The van der Waals surface area contributed by atoms with Gasteiger partial charge in [0, 0.05) is 25.9 Å². The molecule has 35 heavy (non-hydrogen) atoms. The van der Waals surface area contributed by atoms with Crippen molar-refractivity contribution in [3.8, 4) is 10.7 Å². The Bertz CT molecular complexity index is 1430. The van der Waals surface area contributed by atoms with Crippen LogP contribution in [0.1, 0.15) is 23.2 Å². The summed E-state index contributed by atoms with van der Waals surface area (Å²) >= 11 is 3.30. The fourth-order valence-corrected chi connectivity index (χ4v) is 7.28. The maximum Gasteiger partial charge on any atom is 0.206 e. The fraction of sp³-hybridized carbons (Fsp3) is 0.320.